The Hall–Kier alpha value is -0.540. The molecule has 0 saturated carbocycles. The third kappa shape index (κ3) is 1.13. The number of halogens is 1. The van der Waals surface area contributed by atoms with Gasteiger partial charge in [0.1, 0.15) is 5.82 Å². The third-order valence-corrected chi connectivity index (χ3v) is 2.69. The van der Waals surface area contributed by atoms with E-state index in [4.69, 9.17) is 17.3 Å². The van der Waals surface area contributed by atoms with E-state index in [0.29, 0.717) is 5.15 Å². The lowest BCUT2D eigenvalue weighted by atomic mass is 10.1. The minimum absolute atomic E-state index is 0.265. The zero-order valence-electron chi connectivity index (χ0n) is 7.05. The highest BCUT2D eigenvalue weighted by atomic mass is 35.5. The number of hydrogen-bond acceptors (Lipinski definition) is 2. The molecule has 1 aromatic rings. The Morgan fingerprint density at radius 3 is 3.17 bits per heavy atom. The van der Waals surface area contributed by atoms with Crippen molar-refractivity contribution in [3.8, 4) is 0 Å². The second-order valence-corrected chi connectivity index (χ2v) is 3.66. The molecule has 0 spiro atoms. The zero-order valence-corrected chi connectivity index (χ0v) is 7.80. The number of aryl methyl sites for hydroxylation is 1. The highest BCUT2D eigenvalue weighted by Crippen LogP contribution is 2.23. The lowest BCUT2D eigenvalue weighted by molar-refractivity contribution is 0.454. The molecule has 66 valence electrons. The van der Waals surface area contributed by atoms with Crippen molar-refractivity contribution in [2.45, 2.75) is 32.4 Å². The molecule has 0 saturated heterocycles. The van der Waals surface area contributed by atoms with Gasteiger partial charge in [0, 0.05) is 12.6 Å². The Bertz CT molecular complexity index is 305. The smallest absolute Gasteiger partial charge is 0.150 e. The van der Waals surface area contributed by atoms with Crippen molar-refractivity contribution in [2.75, 3.05) is 0 Å². The summed E-state index contributed by atoms with van der Waals surface area (Å²) in [5.41, 5.74) is 6.98. The molecule has 0 bridgehead atoms. The fraction of sp³-hybridized carbons (Fsp3) is 0.625. The van der Waals surface area contributed by atoms with Crippen molar-refractivity contribution in [3.63, 3.8) is 0 Å². The van der Waals surface area contributed by atoms with Gasteiger partial charge in [0.15, 0.2) is 5.15 Å². The molecule has 1 unspecified atom stereocenters. The van der Waals surface area contributed by atoms with Crippen LogP contribution in [0.2, 0.25) is 5.15 Å². The van der Waals surface area contributed by atoms with Crippen LogP contribution >= 0.6 is 11.6 Å². The monoisotopic (exact) mass is 185 g/mol. The largest absolute Gasteiger partial charge is 0.329 e. The molecule has 1 aliphatic heterocycles. The first-order valence-electron chi connectivity index (χ1n) is 4.15. The van der Waals surface area contributed by atoms with Gasteiger partial charge in [0.2, 0.25) is 0 Å². The predicted molar refractivity (Wildman–Crippen MR) is 48.3 cm³/mol. The molecule has 4 heteroatoms. The molecule has 1 atom stereocenters. The normalized spacial score (nSPS) is 22.4. The highest BCUT2D eigenvalue weighted by Gasteiger charge is 2.20. The molecule has 0 fully saturated rings. The summed E-state index contributed by atoms with van der Waals surface area (Å²) in [5, 5.41) is 0.652. The zero-order chi connectivity index (χ0) is 8.72. The van der Waals surface area contributed by atoms with Crippen LogP contribution in [0, 0.1) is 6.92 Å². The summed E-state index contributed by atoms with van der Waals surface area (Å²) >= 11 is 5.94. The first-order chi connectivity index (χ1) is 5.68. The number of imidazole rings is 1. The summed E-state index contributed by atoms with van der Waals surface area (Å²) in [6, 6.07) is 0.265. The number of nitrogens with two attached hydrogens (primary N) is 1. The average molecular weight is 186 g/mol. The summed E-state index contributed by atoms with van der Waals surface area (Å²) in [5.74, 6) is 0.977. The Kier molecular flexibility index (Phi) is 1.85. The first kappa shape index (κ1) is 8.08. The van der Waals surface area contributed by atoms with Gasteiger partial charge in [-0.25, -0.2) is 4.98 Å². The maximum Gasteiger partial charge on any atom is 0.150 e. The quantitative estimate of drug-likeness (QED) is 0.659. The Balaban J connectivity index is 2.45. The predicted octanol–water partition coefficient (Wildman–Crippen LogP) is 1.12. The van der Waals surface area contributed by atoms with Crippen LogP contribution in [0.1, 0.15) is 17.9 Å². The molecule has 0 radical (unpaired) electrons. The summed E-state index contributed by atoms with van der Waals surface area (Å²) < 4.78 is 2.12. The van der Waals surface area contributed by atoms with Crippen molar-refractivity contribution in [2.24, 2.45) is 5.73 Å². The molecule has 0 amide bonds. The molecule has 1 aliphatic rings. The molecule has 2 rings (SSSR count). The van der Waals surface area contributed by atoms with Gasteiger partial charge in [-0.2, -0.15) is 0 Å². The van der Waals surface area contributed by atoms with E-state index in [1.54, 1.807) is 0 Å². The summed E-state index contributed by atoms with van der Waals surface area (Å²) in [7, 11) is 0. The maximum absolute atomic E-state index is 5.94. The Morgan fingerprint density at radius 1 is 1.67 bits per heavy atom. The molecule has 0 aromatic carbocycles. The standard InChI is InChI=1S/C8H12ClN3/c1-5-11-8(9)7-3-2-6(10)4-12(5)7/h6H,2-4,10H2,1H3. The van der Waals surface area contributed by atoms with Crippen molar-refractivity contribution >= 4 is 11.6 Å². The minimum atomic E-state index is 0.265. The van der Waals surface area contributed by atoms with E-state index in [1.807, 2.05) is 6.92 Å². The molecule has 12 heavy (non-hydrogen) atoms. The van der Waals surface area contributed by atoms with Crippen LogP contribution in [0.15, 0.2) is 0 Å². The van der Waals surface area contributed by atoms with Crippen molar-refractivity contribution in [1.29, 1.82) is 0 Å². The fourth-order valence-corrected chi connectivity index (χ4v) is 2.02. The molecule has 2 heterocycles. The maximum atomic E-state index is 5.94. The number of hydrogen-bond donors (Lipinski definition) is 1. The molecular weight excluding hydrogens is 174 g/mol. The number of aromatic nitrogens is 2. The van der Waals surface area contributed by atoms with E-state index >= 15 is 0 Å². The third-order valence-electron chi connectivity index (χ3n) is 2.38. The fourth-order valence-electron chi connectivity index (χ4n) is 1.70. The van der Waals surface area contributed by atoms with E-state index in [-0.39, 0.29) is 6.04 Å². The highest BCUT2D eigenvalue weighted by molar-refractivity contribution is 6.30. The molecule has 0 aliphatic carbocycles. The SMILES string of the molecule is Cc1nc(Cl)c2n1CC(N)CC2. The van der Waals surface area contributed by atoms with Crippen LogP contribution in [0.5, 0.6) is 0 Å². The molecule has 2 N–H and O–H groups in total. The van der Waals surface area contributed by atoms with Crippen LogP contribution in [-0.2, 0) is 13.0 Å². The second-order valence-electron chi connectivity index (χ2n) is 3.31. The Labute approximate surface area is 76.5 Å². The first-order valence-corrected chi connectivity index (χ1v) is 4.53. The summed E-state index contributed by atoms with van der Waals surface area (Å²) in [6.07, 6.45) is 1.98. The van der Waals surface area contributed by atoms with E-state index < -0.39 is 0 Å². The number of rotatable bonds is 0. The van der Waals surface area contributed by atoms with Crippen molar-refractivity contribution in [3.05, 3.63) is 16.7 Å². The minimum Gasteiger partial charge on any atom is -0.329 e. The summed E-state index contributed by atoms with van der Waals surface area (Å²) in [4.78, 5) is 4.20. The van der Waals surface area contributed by atoms with Crippen LogP contribution < -0.4 is 5.73 Å². The van der Waals surface area contributed by atoms with Gasteiger partial charge in [-0.05, 0) is 19.8 Å². The van der Waals surface area contributed by atoms with Crippen molar-refractivity contribution < 1.29 is 0 Å². The van der Waals surface area contributed by atoms with Crippen molar-refractivity contribution in [1.82, 2.24) is 9.55 Å². The van der Waals surface area contributed by atoms with E-state index in [1.165, 1.54) is 0 Å². The van der Waals surface area contributed by atoms with Crippen LogP contribution in [0.3, 0.4) is 0 Å². The molecule has 3 nitrogen and oxygen atoms in total. The van der Waals surface area contributed by atoms with Gasteiger partial charge in [-0.1, -0.05) is 11.6 Å². The number of fused-ring (bicyclic) bond motifs is 1. The van der Waals surface area contributed by atoms with Crippen LogP contribution in [0.25, 0.3) is 0 Å². The lowest BCUT2D eigenvalue weighted by Crippen LogP contribution is -2.32. The number of nitrogens with zero attached hydrogens (tertiary/aromatic N) is 2. The topological polar surface area (TPSA) is 43.8 Å². The van der Waals surface area contributed by atoms with E-state index in [0.717, 1.165) is 30.9 Å². The van der Waals surface area contributed by atoms with Gasteiger partial charge in [-0.3, -0.25) is 0 Å². The molecular formula is C8H12ClN3. The second kappa shape index (κ2) is 2.75. The van der Waals surface area contributed by atoms with E-state index in [2.05, 4.69) is 9.55 Å². The average Bonchev–Trinajstić information content (AvgIpc) is 2.28. The van der Waals surface area contributed by atoms with E-state index in [9.17, 15) is 0 Å². The van der Waals surface area contributed by atoms with Gasteiger partial charge >= 0.3 is 0 Å². The van der Waals surface area contributed by atoms with Gasteiger partial charge < -0.3 is 10.3 Å². The summed E-state index contributed by atoms with van der Waals surface area (Å²) in [6.45, 7) is 2.83. The van der Waals surface area contributed by atoms with Gasteiger partial charge in [-0.15, -0.1) is 0 Å². The lowest BCUT2D eigenvalue weighted by Gasteiger charge is -2.21. The van der Waals surface area contributed by atoms with Gasteiger partial charge in [0.25, 0.3) is 0 Å². The van der Waals surface area contributed by atoms with Crippen LogP contribution in [-0.4, -0.2) is 15.6 Å². The molecule has 1 aromatic heterocycles. The Morgan fingerprint density at radius 2 is 2.42 bits per heavy atom. The van der Waals surface area contributed by atoms with Crippen LogP contribution in [0.4, 0.5) is 0 Å². The van der Waals surface area contributed by atoms with Gasteiger partial charge in [0.05, 0.1) is 5.69 Å².